The smallest absolute Gasteiger partial charge is 0.244 e. The van der Waals surface area contributed by atoms with Gasteiger partial charge in [-0.05, 0) is 35.9 Å². The number of carbonyl (C=O) groups is 2. The Morgan fingerprint density at radius 1 is 1.09 bits per heavy atom. The molecule has 2 amide bonds. The van der Waals surface area contributed by atoms with Gasteiger partial charge in [-0.15, -0.1) is 0 Å². The Bertz CT molecular complexity index is 1310. The van der Waals surface area contributed by atoms with Gasteiger partial charge in [0.25, 0.3) is 0 Å². The highest BCUT2D eigenvalue weighted by Crippen LogP contribution is 2.40. The van der Waals surface area contributed by atoms with Gasteiger partial charge < -0.3 is 15.0 Å². The molecule has 0 bridgehead atoms. The number of amides is 2. The van der Waals surface area contributed by atoms with Crippen LogP contribution >= 0.6 is 11.6 Å². The summed E-state index contributed by atoms with van der Waals surface area (Å²) in [6.07, 6.45) is -0.283. The van der Waals surface area contributed by atoms with Crippen LogP contribution in [0.4, 0.5) is 11.4 Å². The number of anilines is 2. The number of nitrogens with one attached hydrogen (secondary N) is 1. The monoisotopic (exact) mass is 484 g/mol. The second-order valence-electron chi connectivity index (χ2n) is 7.49. The third-order valence-corrected chi connectivity index (χ3v) is 7.79. The van der Waals surface area contributed by atoms with Crippen molar-refractivity contribution in [3.63, 3.8) is 0 Å². The van der Waals surface area contributed by atoms with Crippen molar-refractivity contribution in [3.8, 4) is 5.75 Å². The number of methoxy groups -OCH3 is 1. The number of para-hydroxylation sites is 1. The summed E-state index contributed by atoms with van der Waals surface area (Å²) in [4.78, 5) is 27.4. The maximum atomic E-state index is 13.5. The number of carbonyl (C=O) groups excluding carboxylic acids is 2. The van der Waals surface area contributed by atoms with E-state index in [1.807, 2.05) is 0 Å². The van der Waals surface area contributed by atoms with Gasteiger partial charge in [0, 0.05) is 11.4 Å². The fraction of sp³-hybridized carbons (Fsp3) is 0.167. The van der Waals surface area contributed by atoms with Gasteiger partial charge in [-0.1, -0.05) is 54.1 Å². The topological polar surface area (TPSA) is 92.8 Å². The van der Waals surface area contributed by atoms with Gasteiger partial charge >= 0.3 is 0 Å². The van der Waals surface area contributed by atoms with Crippen molar-refractivity contribution in [2.75, 3.05) is 23.9 Å². The molecule has 1 aliphatic rings. The molecule has 3 aromatic rings. The molecule has 1 N–H and O–H groups in total. The molecular formula is C24H21ClN2O5S. The average molecular weight is 485 g/mol. The van der Waals surface area contributed by atoms with Crippen LogP contribution in [0.5, 0.6) is 5.75 Å². The maximum Gasteiger partial charge on any atom is 0.244 e. The van der Waals surface area contributed by atoms with E-state index in [9.17, 15) is 18.0 Å². The second kappa shape index (κ2) is 9.25. The van der Waals surface area contributed by atoms with E-state index in [1.54, 1.807) is 54.6 Å². The lowest BCUT2D eigenvalue weighted by molar-refractivity contribution is -0.121. The molecule has 0 unspecified atom stereocenters. The molecule has 1 aliphatic heterocycles. The Balaban J connectivity index is 1.69. The number of halogens is 1. The molecule has 1 atom stereocenters. The Labute approximate surface area is 196 Å². The van der Waals surface area contributed by atoms with Crippen molar-refractivity contribution in [2.45, 2.75) is 16.6 Å². The van der Waals surface area contributed by atoms with Gasteiger partial charge in [-0.2, -0.15) is 0 Å². The van der Waals surface area contributed by atoms with Crippen molar-refractivity contribution in [1.29, 1.82) is 0 Å². The van der Waals surface area contributed by atoms with E-state index >= 15 is 0 Å². The lowest BCUT2D eigenvalue weighted by atomic mass is 10.1. The van der Waals surface area contributed by atoms with Crippen LogP contribution in [0.15, 0.2) is 77.7 Å². The third kappa shape index (κ3) is 4.58. The summed E-state index contributed by atoms with van der Waals surface area (Å²) in [7, 11) is -2.42. The van der Waals surface area contributed by atoms with E-state index in [-0.39, 0.29) is 23.5 Å². The van der Waals surface area contributed by atoms with E-state index in [1.165, 1.54) is 30.2 Å². The Kier molecular flexibility index (Phi) is 6.40. The molecule has 3 aromatic carbocycles. The van der Waals surface area contributed by atoms with E-state index in [4.69, 9.17) is 16.3 Å². The minimum atomic E-state index is -3.88. The molecule has 0 radical (unpaired) electrons. The summed E-state index contributed by atoms with van der Waals surface area (Å²) in [5.74, 6) is -0.582. The lowest BCUT2D eigenvalue weighted by Crippen LogP contribution is -2.38. The zero-order valence-corrected chi connectivity index (χ0v) is 19.3. The summed E-state index contributed by atoms with van der Waals surface area (Å²) in [6, 6.07) is 19.6. The van der Waals surface area contributed by atoms with Gasteiger partial charge in [-0.25, -0.2) is 8.42 Å². The first-order valence-electron chi connectivity index (χ1n) is 10.1. The zero-order chi connectivity index (χ0) is 23.6. The molecule has 0 spiro atoms. The predicted molar refractivity (Wildman–Crippen MR) is 126 cm³/mol. The van der Waals surface area contributed by atoms with Gasteiger partial charge in [0.15, 0.2) is 9.84 Å². The highest BCUT2D eigenvalue weighted by atomic mass is 35.5. The van der Waals surface area contributed by atoms with Crippen LogP contribution in [0.1, 0.15) is 17.2 Å². The molecule has 0 saturated carbocycles. The molecule has 4 rings (SSSR count). The van der Waals surface area contributed by atoms with Gasteiger partial charge in [0.1, 0.15) is 12.3 Å². The molecular weight excluding hydrogens is 464 g/mol. The number of hydrogen-bond donors (Lipinski definition) is 1. The highest BCUT2D eigenvalue weighted by Gasteiger charge is 2.39. The Morgan fingerprint density at radius 3 is 2.52 bits per heavy atom. The number of ether oxygens (including phenoxy) is 1. The van der Waals surface area contributed by atoms with Crippen molar-refractivity contribution in [3.05, 3.63) is 83.4 Å². The normalized spacial score (nSPS) is 17.1. The molecule has 9 heteroatoms. The van der Waals surface area contributed by atoms with Gasteiger partial charge in [0.05, 0.1) is 28.6 Å². The number of hydrogen-bond acceptors (Lipinski definition) is 5. The summed E-state index contributed by atoms with van der Waals surface area (Å²) in [6.45, 7) is -0.372. The summed E-state index contributed by atoms with van der Waals surface area (Å²) < 4.78 is 32.3. The van der Waals surface area contributed by atoms with Gasteiger partial charge in [-0.3, -0.25) is 9.59 Å². The van der Waals surface area contributed by atoms with Crippen LogP contribution in [-0.2, 0) is 19.4 Å². The molecule has 33 heavy (non-hydrogen) atoms. The first kappa shape index (κ1) is 22.8. The summed E-state index contributed by atoms with van der Waals surface area (Å²) >= 11 is 6.03. The molecule has 0 aromatic heterocycles. The standard InChI is InChI=1S/C24H21ClN2O5S/c1-32-20-12-11-17(25)13-18(20)26-23(28)15-27-19-9-5-6-10-21(19)33(30,31)22(14-24(27)29)16-7-3-2-4-8-16/h2-13,22H,14-15H2,1H3,(H,26,28)/t22-/m1/s1. The quantitative estimate of drug-likeness (QED) is 0.584. The fourth-order valence-corrected chi connectivity index (χ4v) is 5.93. The van der Waals surface area contributed by atoms with Crippen LogP contribution in [0, 0.1) is 0 Å². The average Bonchev–Trinajstić information content (AvgIpc) is 2.88. The molecule has 170 valence electrons. The molecule has 0 fully saturated rings. The van der Waals surface area contributed by atoms with Crippen molar-refractivity contribution in [1.82, 2.24) is 0 Å². The molecule has 7 nitrogen and oxygen atoms in total. The number of rotatable bonds is 5. The predicted octanol–water partition coefficient (Wildman–Crippen LogP) is 4.24. The van der Waals surface area contributed by atoms with Crippen molar-refractivity contribution < 1.29 is 22.7 Å². The Hall–Kier alpha value is -3.36. The van der Waals surface area contributed by atoms with Crippen LogP contribution in [0.3, 0.4) is 0 Å². The van der Waals surface area contributed by atoms with Crippen LogP contribution < -0.4 is 15.0 Å². The third-order valence-electron chi connectivity index (χ3n) is 5.41. The second-order valence-corrected chi connectivity index (χ2v) is 10.0. The minimum absolute atomic E-state index is 0.0119. The van der Waals surface area contributed by atoms with Crippen molar-refractivity contribution in [2.24, 2.45) is 0 Å². The maximum absolute atomic E-state index is 13.5. The van der Waals surface area contributed by atoms with E-state index < -0.39 is 26.9 Å². The highest BCUT2D eigenvalue weighted by molar-refractivity contribution is 7.92. The minimum Gasteiger partial charge on any atom is -0.495 e. The number of benzene rings is 3. The molecule has 1 heterocycles. The lowest BCUT2D eigenvalue weighted by Gasteiger charge is -2.22. The zero-order valence-electron chi connectivity index (χ0n) is 17.7. The molecule has 0 aliphatic carbocycles. The first-order valence-corrected chi connectivity index (χ1v) is 12.1. The SMILES string of the molecule is COc1ccc(Cl)cc1NC(=O)CN1C(=O)C[C@H](c2ccccc2)S(=O)(=O)c2ccccc21. The summed E-state index contributed by atoms with van der Waals surface area (Å²) in [5, 5.41) is 2.05. The van der Waals surface area contributed by atoms with Crippen LogP contribution in [0.2, 0.25) is 5.02 Å². The van der Waals surface area contributed by atoms with Crippen molar-refractivity contribution >= 4 is 44.6 Å². The van der Waals surface area contributed by atoms with E-state index in [0.29, 0.717) is 22.0 Å². The largest absolute Gasteiger partial charge is 0.495 e. The van der Waals surface area contributed by atoms with Gasteiger partial charge in [0.2, 0.25) is 11.8 Å². The summed E-state index contributed by atoms with van der Waals surface area (Å²) in [5.41, 5.74) is 1.05. The van der Waals surface area contributed by atoms with Crippen LogP contribution in [-0.4, -0.2) is 33.9 Å². The van der Waals surface area contributed by atoms with E-state index in [0.717, 1.165) is 0 Å². The Morgan fingerprint density at radius 2 is 1.79 bits per heavy atom. The first-order chi connectivity index (χ1) is 15.8. The number of fused-ring (bicyclic) bond motifs is 1. The molecule has 0 saturated heterocycles. The fourth-order valence-electron chi connectivity index (χ4n) is 3.84. The number of sulfone groups is 1. The van der Waals surface area contributed by atoms with Crippen LogP contribution in [0.25, 0.3) is 0 Å². The number of nitrogens with zero attached hydrogens (tertiary/aromatic N) is 1. The van der Waals surface area contributed by atoms with E-state index in [2.05, 4.69) is 5.32 Å².